The van der Waals surface area contributed by atoms with Crippen LogP contribution in [-0.2, 0) is 16.3 Å². The molecular weight excluding hydrogens is 256 g/mol. The second kappa shape index (κ2) is 4.49. The lowest BCUT2D eigenvalue weighted by molar-refractivity contribution is 0.601. The van der Waals surface area contributed by atoms with E-state index in [-0.39, 0.29) is 17.4 Å². The monoisotopic (exact) mass is 272 g/mol. The van der Waals surface area contributed by atoms with Crippen LogP contribution in [0.3, 0.4) is 0 Å². The molecule has 1 fully saturated rings. The molecule has 0 radical (unpaired) electrons. The van der Waals surface area contributed by atoms with Crippen molar-refractivity contribution in [2.75, 3.05) is 11.5 Å². The maximum Gasteiger partial charge on any atom is 0.151 e. The van der Waals surface area contributed by atoms with Crippen molar-refractivity contribution in [1.82, 2.24) is 9.97 Å². The van der Waals surface area contributed by atoms with Crippen molar-refractivity contribution in [2.45, 2.75) is 32.6 Å². The van der Waals surface area contributed by atoms with E-state index < -0.39 is 9.84 Å². The number of hydrogen-bond donors (Lipinski definition) is 1. The van der Waals surface area contributed by atoms with E-state index in [0.29, 0.717) is 11.1 Å². The van der Waals surface area contributed by atoms with Gasteiger partial charge in [0.15, 0.2) is 9.84 Å². The Morgan fingerprint density at radius 2 is 2.24 bits per heavy atom. The minimum atomic E-state index is -2.88. The van der Waals surface area contributed by atoms with Crippen LogP contribution < -0.4 is 0 Å². The van der Waals surface area contributed by atoms with Crippen molar-refractivity contribution in [3.05, 3.63) is 21.7 Å². The molecule has 1 aliphatic heterocycles. The minimum absolute atomic E-state index is 0.0207. The Morgan fingerprint density at radius 3 is 2.76 bits per heavy atom. The lowest BCUT2D eigenvalue weighted by atomic mass is 10.1. The van der Waals surface area contributed by atoms with Crippen molar-refractivity contribution in [2.24, 2.45) is 0 Å². The molecule has 0 saturated carbocycles. The number of nitrogens with zero attached hydrogens (tertiary/aromatic N) is 1. The predicted octanol–water partition coefficient (Wildman–Crippen LogP) is 1.91. The summed E-state index contributed by atoms with van der Waals surface area (Å²) in [7, 11) is -2.88. The van der Waals surface area contributed by atoms with Gasteiger partial charge >= 0.3 is 0 Å². The quantitative estimate of drug-likeness (QED) is 0.835. The number of nitrogens with one attached hydrogen (secondary N) is 1. The van der Waals surface area contributed by atoms with Crippen LogP contribution in [0.5, 0.6) is 0 Å². The summed E-state index contributed by atoms with van der Waals surface area (Å²) in [6.45, 7) is 3.99. The Balaban J connectivity index is 2.41. The van der Waals surface area contributed by atoms with E-state index in [1.54, 1.807) is 0 Å². The van der Waals surface area contributed by atoms with Gasteiger partial charge in [0.25, 0.3) is 0 Å². The summed E-state index contributed by atoms with van der Waals surface area (Å²) in [6.07, 6.45) is 1.50. The fraction of sp³-hybridized carbons (Fsp3) is 0.636. The van der Waals surface area contributed by atoms with Crippen LogP contribution >= 0.6 is 12.2 Å². The molecule has 0 spiro atoms. The summed E-state index contributed by atoms with van der Waals surface area (Å²) < 4.78 is 23.5. The Kier molecular flexibility index (Phi) is 3.36. The van der Waals surface area contributed by atoms with E-state index in [0.717, 1.165) is 23.5 Å². The van der Waals surface area contributed by atoms with Crippen molar-refractivity contribution in [3.63, 3.8) is 0 Å². The first-order chi connectivity index (χ1) is 7.93. The first-order valence-corrected chi connectivity index (χ1v) is 7.96. The van der Waals surface area contributed by atoms with Gasteiger partial charge in [0.1, 0.15) is 10.5 Å². The zero-order valence-corrected chi connectivity index (χ0v) is 11.6. The molecule has 1 unspecified atom stereocenters. The molecule has 0 amide bonds. The molecule has 1 N–H and O–H groups in total. The summed E-state index contributed by atoms with van der Waals surface area (Å²) in [4.78, 5) is 7.56. The lowest BCUT2D eigenvalue weighted by Gasteiger charge is -2.11. The number of aromatic nitrogens is 2. The van der Waals surface area contributed by atoms with Gasteiger partial charge in [-0.15, -0.1) is 0 Å². The SMILES string of the molecule is CCc1[nH]c(C2CCS(=O)(=O)C2)nc(=S)c1C. The summed E-state index contributed by atoms with van der Waals surface area (Å²) in [5.41, 5.74) is 2.05. The number of aromatic amines is 1. The third-order valence-electron chi connectivity index (χ3n) is 3.25. The Morgan fingerprint density at radius 1 is 1.53 bits per heavy atom. The Bertz CT molecular complexity index is 590. The summed E-state index contributed by atoms with van der Waals surface area (Å²) in [5.74, 6) is 1.17. The van der Waals surface area contributed by atoms with E-state index in [2.05, 4.69) is 9.97 Å². The maximum atomic E-state index is 11.5. The molecule has 2 heterocycles. The van der Waals surface area contributed by atoms with Crippen molar-refractivity contribution in [3.8, 4) is 0 Å². The molecule has 1 atom stereocenters. The standard InChI is InChI=1S/C11H16N2O2S2/c1-3-9-7(2)11(16)13-10(12-9)8-4-5-17(14,15)6-8/h8H,3-6H2,1-2H3,(H,12,13,16). The third kappa shape index (κ3) is 2.57. The van der Waals surface area contributed by atoms with Crippen molar-refractivity contribution >= 4 is 22.1 Å². The molecule has 17 heavy (non-hydrogen) atoms. The molecule has 1 aliphatic rings. The van der Waals surface area contributed by atoms with Gasteiger partial charge in [-0.1, -0.05) is 19.1 Å². The average Bonchev–Trinajstić information content (AvgIpc) is 2.62. The fourth-order valence-corrected chi connectivity index (χ4v) is 4.13. The van der Waals surface area contributed by atoms with Crippen LogP contribution in [-0.4, -0.2) is 29.9 Å². The maximum absolute atomic E-state index is 11.5. The van der Waals surface area contributed by atoms with Gasteiger partial charge in [0, 0.05) is 17.2 Å². The summed E-state index contributed by atoms with van der Waals surface area (Å²) in [5, 5.41) is 0. The first-order valence-electron chi connectivity index (χ1n) is 5.73. The Labute approximate surface area is 106 Å². The van der Waals surface area contributed by atoms with Crippen LogP contribution in [0.15, 0.2) is 0 Å². The normalized spacial score (nSPS) is 22.8. The van der Waals surface area contributed by atoms with Gasteiger partial charge in [-0.3, -0.25) is 0 Å². The molecule has 1 aromatic rings. The number of H-pyrrole nitrogens is 1. The van der Waals surface area contributed by atoms with Gasteiger partial charge < -0.3 is 4.98 Å². The average molecular weight is 272 g/mol. The molecule has 1 saturated heterocycles. The number of aryl methyl sites for hydroxylation is 1. The van der Waals surface area contributed by atoms with Gasteiger partial charge in [0.05, 0.1) is 11.5 Å². The lowest BCUT2D eigenvalue weighted by Crippen LogP contribution is -2.10. The van der Waals surface area contributed by atoms with Crippen molar-refractivity contribution in [1.29, 1.82) is 0 Å². The zero-order chi connectivity index (χ0) is 12.6. The smallest absolute Gasteiger partial charge is 0.151 e. The highest BCUT2D eigenvalue weighted by molar-refractivity contribution is 7.91. The number of rotatable bonds is 2. The van der Waals surface area contributed by atoms with Gasteiger partial charge in [-0.2, -0.15) is 0 Å². The Hall–Kier alpha value is -0.750. The predicted molar refractivity (Wildman–Crippen MR) is 69.5 cm³/mol. The van der Waals surface area contributed by atoms with Crippen LogP contribution in [0.4, 0.5) is 0 Å². The third-order valence-corrected chi connectivity index (χ3v) is 5.41. The second-order valence-electron chi connectivity index (χ2n) is 4.48. The van der Waals surface area contributed by atoms with E-state index in [1.165, 1.54) is 0 Å². The molecule has 94 valence electrons. The van der Waals surface area contributed by atoms with Crippen LogP contribution in [0.25, 0.3) is 0 Å². The highest BCUT2D eigenvalue weighted by Crippen LogP contribution is 2.27. The first kappa shape index (κ1) is 12.7. The van der Waals surface area contributed by atoms with Crippen LogP contribution in [0.1, 0.15) is 36.3 Å². The van der Waals surface area contributed by atoms with Crippen LogP contribution in [0.2, 0.25) is 0 Å². The van der Waals surface area contributed by atoms with Gasteiger partial charge in [-0.05, 0) is 19.8 Å². The van der Waals surface area contributed by atoms with E-state index >= 15 is 0 Å². The molecule has 0 bridgehead atoms. The minimum Gasteiger partial charge on any atom is -0.347 e. The van der Waals surface area contributed by atoms with Gasteiger partial charge in [-0.25, -0.2) is 13.4 Å². The van der Waals surface area contributed by atoms with Gasteiger partial charge in [0.2, 0.25) is 0 Å². The number of hydrogen-bond acceptors (Lipinski definition) is 4. The molecule has 4 nitrogen and oxygen atoms in total. The van der Waals surface area contributed by atoms with E-state index in [4.69, 9.17) is 12.2 Å². The highest BCUT2D eigenvalue weighted by atomic mass is 32.2. The second-order valence-corrected chi connectivity index (χ2v) is 7.10. The summed E-state index contributed by atoms with van der Waals surface area (Å²) >= 11 is 5.21. The topological polar surface area (TPSA) is 62.8 Å². The van der Waals surface area contributed by atoms with Crippen molar-refractivity contribution < 1.29 is 8.42 Å². The molecular formula is C11H16N2O2S2. The van der Waals surface area contributed by atoms with E-state index in [1.807, 2.05) is 13.8 Å². The molecule has 2 rings (SSSR count). The fourth-order valence-electron chi connectivity index (χ4n) is 2.16. The number of sulfone groups is 1. The molecule has 0 aliphatic carbocycles. The van der Waals surface area contributed by atoms with Crippen LogP contribution in [0, 0.1) is 11.6 Å². The largest absolute Gasteiger partial charge is 0.347 e. The molecule has 0 aromatic carbocycles. The highest BCUT2D eigenvalue weighted by Gasteiger charge is 2.30. The molecule has 6 heteroatoms. The summed E-state index contributed by atoms with van der Waals surface area (Å²) in [6, 6.07) is 0. The molecule has 1 aromatic heterocycles. The zero-order valence-electron chi connectivity index (χ0n) is 9.99. The van der Waals surface area contributed by atoms with E-state index in [9.17, 15) is 8.42 Å².